The number of anilines is 2. The molecule has 0 amide bonds. The van der Waals surface area contributed by atoms with Gasteiger partial charge in [-0.05, 0) is 37.1 Å². The van der Waals surface area contributed by atoms with E-state index >= 15 is 0 Å². The van der Waals surface area contributed by atoms with Crippen molar-refractivity contribution in [2.45, 2.75) is 19.9 Å². The van der Waals surface area contributed by atoms with Gasteiger partial charge in [-0.15, -0.1) is 0 Å². The van der Waals surface area contributed by atoms with E-state index in [0.717, 1.165) is 26.2 Å². The molecule has 116 valence electrons. The van der Waals surface area contributed by atoms with Gasteiger partial charge in [-0.3, -0.25) is 0 Å². The highest BCUT2D eigenvalue weighted by molar-refractivity contribution is 5.63. The highest BCUT2D eigenvalue weighted by Gasteiger charge is 2.13. The molecule has 1 unspecified atom stereocenters. The molecule has 0 spiro atoms. The summed E-state index contributed by atoms with van der Waals surface area (Å²) in [4.78, 5) is 2.48. The van der Waals surface area contributed by atoms with Gasteiger partial charge in [0.05, 0.1) is 0 Å². The van der Waals surface area contributed by atoms with Gasteiger partial charge in [0, 0.05) is 43.6 Å². The second-order valence-electron chi connectivity index (χ2n) is 6.02. The lowest BCUT2D eigenvalue weighted by Crippen LogP contribution is -2.43. The standard InChI is InChI=1S/C19H25N3/c1-15-8-9-18(14-19(15)22-12-10-20-11-13-22)21-16(2)17-6-4-3-5-7-17/h3-9,14,16,20-21H,10-13H2,1-2H3. The highest BCUT2D eigenvalue weighted by Crippen LogP contribution is 2.27. The first-order valence-electron chi connectivity index (χ1n) is 8.12. The van der Waals surface area contributed by atoms with Crippen molar-refractivity contribution in [3.8, 4) is 0 Å². The normalized spacial score (nSPS) is 16.4. The summed E-state index contributed by atoms with van der Waals surface area (Å²) >= 11 is 0. The predicted octanol–water partition coefficient (Wildman–Crippen LogP) is 3.58. The summed E-state index contributed by atoms with van der Waals surface area (Å²) in [6, 6.07) is 17.6. The van der Waals surface area contributed by atoms with Crippen LogP contribution in [-0.2, 0) is 0 Å². The summed E-state index contributed by atoms with van der Waals surface area (Å²) in [6.45, 7) is 8.70. The van der Waals surface area contributed by atoms with Gasteiger partial charge < -0.3 is 15.5 Å². The van der Waals surface area contributed by atoms with E-state index in [-0.39, 0.29) is 0 Å². The van der Waals surface area contributed by atoms with E-state index in [1.807, 2.05) is 0 Å². The minimum absolute atomic E-state index is 0.305. The number of hydrogen-bond acceptors (Lipinski definition) is 3. The van der Waals surface area contributed by atoms with Crippen molar-refractivity contribution >= 4 is 11.4 Å². The largest absolute Gasteiger partial charge is 0.378 e. The van der Waals surface area contributed by atoms with Gasteiger partial charge in [0.1, 0.15) is 0 Å². The molecule has 1 heterocycles. The molecule has 1 aliphatic heterocycles. The lowest BCUT2D eigenvalue weighted by atomic mass is 10.1. The fourth-order valence-electron chi connectivity index (χ4n) is 3.02. The second-order valence-corrected chi connectivity index (χ2v) is 6.02. The molecule has 2 aromatic rings. The van der Waals surface area contributed by atoms with Gasteiger partial charge in [-0.25, -0.2) is 0 Å². The smallest absolute Gasteiger partial charge is 0.0485 e. The Balaban J connectivity index is 1.77. The molecule has 1 saturated heterocycles. The van der Waals surface area contributed by atoms with Crippen LogP contribution in [0.5, 0.6) is 0 Å². The summed E-state index contributed by atoms with van der Waals surface area (Å²) in [5.41, 5.74) is 5.20. The van der Waals surface area contributed by atoms with Crippen molar-refractivity contribution in [2.24, 2.45) is 0 Å². The molecule has 1 atom stereocenters. The Bertz CT molecular complexity index is 603. The third-order valence-corrected chi connectivity index (χ3v) is 4.35. The van der Waals surface area contributed by atoms with E-state index in [9.17, 15) is 0 Å². The SMILES string of the molecule is Cc1ccc(NC(C)c2ccccc2)cc1N1CCNCC1. The minimum Gasteiger partial charge on any atom is -0.378 e. The van der Waals surface area contributed by atoms with Crippen molar-refractivity contribution in [2.75, 3.05) is 36.4 Å². The van der Waals surface area contributed by atoms with E-state index in [0.29, 0.717) is 6.04 Å². The topological polar surface area (TPSA) is 27.3 Å². The predicted molar refractivity (Wildman–Crippen MR) is 94.7 cm³/mol. The monoisotopic (exact) mass is 295 g/mol. The quantitative estimate of drug-likeness (QED) is 0.903. The first-order valence-corrected chi connectivity index (χ1v) is 8.12. The lowest BCUT2D eigenvalue weighted by molar-refractivity contribution is 0.588. The van der Waals surface area contributed by atoms with E-state index in [2.05, 4.69) is 77.9 Å². The zero-order chi connectivity index (χ0) is 15.4. The lowest BCUT2D eigenvalue weighted by Gasteiger charge is -2.31. The number of hydrogen-bond donors (Lipinski definition) is 2. The van der Waals surface area contributed by atoms with Crippen LogP contribution >= 0.6 is 0 Å². The van der Waals surface area contributed by atoms with Crippen LogP contribution < -0.4 is 15.5 Å². The fourth-order valence-corrected chi connectivity index (χ4v) is 3.02. The molecule has 1 fully saturated rings. The fraction of sp³-hybridized carbons (Fsp3) is 0.368. The average molecular weight is 295 g/mol. The number of aryl methyl sites for hydroxylation is 1. The number of nitrogens with one attached hydrogen (secondary N) is 2. The van der Waals surface area contributed by atoms with Crippen LogP contribution in [0.1, 0.15) is 24.1 Å². The Labute approximate surface area is 133 Å². The maximum Gasteiger partial charge on any atom is 0.0485 e. The van der Waals surface area contributed by atoms with Gasteiger partial charge in [0.15, 0.2) is 0 Å². The van der Waals surface area contributed by atoms with Gasteiger partial charge in [-0.2, -0.15) is 0 Å². The summed E-state index contributed by atoms with van der Waals surface area (Å²) in [5, 5.41) is 7.04. The van der Waals surface area contributed by atoms with Crippen LogP contribution in [0.25, 0.3) is 0 Å². The summed E-state index contributed by atoms with van der Waals surface area (Å²) in [5.74, 6) is 0. The zero-order valence-electron chi connectivity index (χ0n) is 13.5. The van der Waals surface area contributed by atoms with Gasteiger partial charge in [0.25, 0.3) is 0 Å². The van der Waals surface area contributed by atoms with Crippen LogP contribution in [0.3, 0.4) is 0 Å². The molecular weight excluding hydrogens is 270 g/mol. The van der Waals surface area contributed by atoms with Crippen LogP contribution in [-0.4, -0.2) is 26.2 Å². The number of benzene rings is 2. The van der Waals surface area contributed by atoms with Crippen molar-refractivity contribution < 1.29 is 0 Å². The van der Waals surface area contributed by atoms with Gasteiger partial charge >= 0.3 is 0 Å². The van der Waals surface area contributed by atoms with Crippen molar-refractivity contribution in [3.63, 3.8) is 0 Å². The number of nitrogens with zero attached hydrogens (tertiary/aromatic N) is 1. The Hall–Kier alpha value is -2.00. The first kappa shape index (κ1) is 14.9. The summed E-state index contributed by atoms with van der Waals surface area (Å²) in [7, 11) is 0. The molecule has 3 rings (SSSR count). The molecule has 2 N–H and O–H groups in total. The first-order chi connectivity index (χ1) is 10.7. The molecule has 0 aromatic heterocycles. The van der Waals surface area contributed by atoms with Crippen LogP contribution in [0.15, 0.2) is 48.5 Å². The highest BCUT2D eigenvalue weighted by atomic mass is 15.2. The molecule has 0 radical (unpaired) electrons. The second kappa shape index (κ2) is 6.84. The third-order valence-electron chi connectivity index (χ3n) is 4.35. The van der Waals surface area contributed by atoms with Crippen molar-refractivity contribution in [1.82, 2.24) is 5.32 Å². The average Bonchev–Trinajstić information content (AvgIpc) is 2.58. The van der Waals surface area contributed by atoms with Crippen LogP contribution in [0, 0.1) is 6.92 Å². The Kier molecular flexibility index (Phi) is 4.64. The minimum atomic E-state index is 0.305. The maximum atomic E-state index is 3.62. The zero-order valence-corrected chi connectivity index (χ0v) is 13.5. The Morgan fingerprint density at radius 3 is 2.50 bits per heavy atom. The number of rotatable bonds is 4. The number of piperazine rings is 1. The molecule has 0 bridgehead atoms. The molecule has 0 aliphatic carbocycles. The van der Waals surface area contributed by atoms with Gasteiger partial charge in [-0.1, -0.05) is 36.4 Å². The maximum absolute atomic E-state index is 3.62. The molecule has 0 saturated carbocycles. The Morgan fingerprint density at radius 2 is 1.77 bits per heavy atom. The van der Waals surface area contributed by atoms with E-state index in [4.69, 9.17) is 0 Å². The van der Waals surface area contributed by atoms with Crippen LogP contribution in [0.2, 0.25) is 0 Å². The molecule has 3 heteroatoms. The Morgan fingerprint density at radius 1 is 1.05 bits per heavy atom. The summed E-state index contributed by atoms with van der Waals surface area (Å²) < 4.78 is 0. The van der Waals surface area contributed by atoms with E-state index in [1.54, 1.807) is 0 Å². The van der Waals surface area contributed by atoms with Crippen molar-refractivity contribution in [3.05, 3.63) is 59.7 Å². The molecule has 2 aromatic carbocycles. The van der Waals surface area contributed by atoms with E-state index < -0.39 is 0 Å². The third kappa shape index (κ3) is 3.42. The van der Waals surface area contributed by atoms with Crippen molar-refractivity contribution in [1.29, 1.82) is 0 Å². The van der Waals surface area contributed by atoms with Crippen LogP contribution in [0.4, 0.5) is 11.4 Å². The molecule has 22 heavy (non-hydrogen) atoms. The van der Waals surface area contributed by atoms with Gasteiger partial charge in [0.2, 0.25) is 0 Å². The molecule has 3 nitrogen and oxygen atoms in total. The molecule has 1 aliphatic rings. The molecular formula is C19H25N3. The van der Waals surface area contributed by atoms with E-state index in [1.165, 1.54) is 22.5 Å². The summed E-state index contributed by atoms with van der Waals surface area (Å²) in [6.07, 6.45) is 0.